The van der Waals surface area contributed by atoms with Crippen LogP contribution in [0.15, 0.2) is 24.4 Å². The van der Waals surface area contributed by atoms with E-state index in [0.29, 0.717) is 6.04 Å². The summed E-state index contributed by atoms with van der Waals surface area (Å²) in [5.74, 6) is 5.26. The molecule has 3 heteroatoms. The van der Waals surface area contributed by atoms with Crippen LogP contribution in [0.2, 0.25) is 0 Å². The lowest BCUT2D eigenvalue weighted by atomic mass is 10.4. The average molecular weight is 155 g/mol. The number of nitrogens with zero attached hydrogens (tertiary/aromatic N) is 1. The smallest absolute Gasteiger partial charge is 0.0405 e. The van der Waals surface area contributed by atoms with Gasteiger partial charge in [0.2, 0.25) is 0 Å². The molecular formula is C8H17N3. The first-order valence-electron chi connectivity index (χ1n) is 3.76. The highest BCUT2D eigenvalue weighted by Crippen LogP contribution is 1.92. The SMILES string of the molecule is C/C=C\C=C/N(NN)C(C)C. The molecule has 0 amide bonds. The van der Waals surface area contributed by atoms with Crippen LogP contribution in [0.3, 0.4) is 0 Å². The molecule has 11 heavy (non-hydrogen) atoms. The van der Waals surface area contributed by atoms with Crippen molar-refractivity contribution in [3.8, 4) is 0 Å². The molecule has 0 aromatic rings. The van der Waals surface area contributed by atoms with Gasteiger partial charge in [0, 0.05) is 12.2 Å². The van der Waals surface area contributed by atoms with E-state index in [1.807, 2.05) is 36.4 Å². The molecule has 3 N–H and O–H groups in total. The molecular weight excluding hydrogens is 138 g/mol. The monoisotopic (exact) mass is 155 g/mol. The van der Waals surface area contributed by atoms with Crippen LogP contribution < -0.4 is 11.4 Å². The molecule has 0 aromatic carbocycles. The molecule has 0 aliphatic heterocycles. The van der Waals surface area contributed by atoms with Gasteiger partial charge in [-0.25, -0.2) is 0 Å². The zero-order chi connectivity index (χ0) is 8.69. The lowest BCUT2D eigenvalue weighted by Gasteiger charge is -2.22. The molecule has 0 aliphatic carbocycles. The Morgan fingerprint density at radius 1 is 1.36 bits per heavy atom. The van der Waals surface area contributed by atoms with E-state index in [9.17, 15) is 0 Å². The summed E-state index contributed by atoms with van der Waals surface area (Å²) >= 11 is 0. The maximum atomic E-state index is 5.26. The van der Waals surface area contributed by atoms with E-state index in [2.05, 4.69) is 19.4 Å². The normalized spacial score (nSPS) is 12.1. The summed E-state index contributed by atoms with van der Waals surface area (Å²) < 4.78 is 0. The van der Waals surface area contributed by atoms with Gasteiger partial charge < -0.3 is 5.01 Å². The lowest BCUT2D eigenvalue weighted by molar-refractivity contribution is 0.223. The number of hydrogen-bond donors (Lipinski definition) is 2. The molecule has 0 fully saturated rings. The van der Waals surface area contributed by atoms with Gasteiger partial charge in [0.1, 0.15) is 0 Å². The van der Waals surface area contributed by atoms with E-state index in [1.165, 1.54) is 0 Å². The van der Waals surface area contributed by atoms with Gasteiger partial charge in [0.05, 0.1) is 0 Å². The molecule has 0 bridgehead atoms. The summed E-state index contributed by atoms with van der Waals surface area (Å²) in [4.78, 5) is 0. The molecule has 64 valence electrons. The lowest BCUT2D eigenvalue weighted by Crippen LogP contribution is -2.43. The molecule has 0 atom stereocenters. The first-order chi connectivity index (χ1) is 5.22. The molecule has 0 rings (SSSR count). The second kappa shape index (κ2) is 5.95. The zero-order valence-electron chi connectivity index (χ0n) is 7.41. The molecule has 0 saturated heterocycles. The largest absolute Gasteiger partial charge is 0.300 e. The van der Waals surface area contributed by atoms with Crippen molar-refractivity contribution in [1.29, 1.82) is 0 Å². The van der Waals surface area contributed by atoms with Gasteiger partial charge in [-0.2, -0.15) is 5.53 Å². The van der Waals surface area contributed by atoms with Crippen LogP contribution in [0.1, 0.15) is 20.8 Å². The summed E-state index contributed by atoms with van der Waals surface area (Å²) in [5.41, 5.74) is 2.57. The first-order valence-corrected chi connectivity index (χ1v) is 3.76. The first kappa shape index (κ1) is 10.2. The van der Waals surface area contributed by atoms with Crippen LogP contribution in [-0.4, -0.2) is 11.1 Å². The van der Waals surface area contributed by atoms with E-state index in [0.717, 1.165) is 0 Å². The summed E-state index contributed by atoms with van der Waals surface area (Å²) in [6, 6.07) is 0.363. The van der Waals surface area contributed by atoms with Crippen molar-refractivity contribution in [2.75, 3.05) is 0 Å². The highest BCUT2D eigenvalue weighted by molar-refractivity contribution is 5.00. The third-order valence-corrected chi connectivity index (χ3v) is 1.26. The Bertz CT molecular complexity index is 138. The van der Waals surface area contributed by atoms with Crippen molar-refractivity contribution in [3.63, 3.8) is 0 Å². The molecule has 0 unspecified atom stereocenters. The van der Waals surface area contributed by atoms with Crippen LogP contribution in [0, 0.1) is 0 Å². The predicted molar refractivity (Wildman–Crippen MR) is 48.3 cm³/mol. The molecule has 0 spiro atoms. The number of hydrazine groups is 2. The quantitative estimate of drug-likeness (QED) is 0.364. The zero-order valence-corrected chi connectivity index (χ0v) is 7.41. The van der Waals surface area contributed by atoms with Crippen molar-refractivity contribution in [2.45, 2.75) is 26.8 Å². The van der Waals surface area contributed by atoms with Crippen molar-refractivity contribution >= 4 is 0 Å². The maximum Gasteiger partial charge on any atom is 0.0405 e. The predicted octanol–water partition coefficient (Wildman–Crippen LogP) is 1.16. The average Bonchev–Trinajstić information content (AvgIpc) is 1.97. The van der Waals surface area contributed by atoms with Gasteiger partial charge in [0.15, 0.2) is 0 Å². The van der Waals surface area contributed by atoms with Crippen molar-refractivity contribution in [3.05, 3.63) is 24.4 Å². The van der Waals surface area contributed by atoms with Gasteiger partial charge in [0.25, 0.3) is 0 Å². The fourth-order valence-corrected chi connectivity index (χ4v) is 0.618. The Labute approximate surface area is 68.5 Å². The summed E-state index contributed by atoms with van der Waals surface area (Å²) in [7, 11) is 0. The topological polar surface area (TPSA) is 41.3 Å². The fraction of sp³-hybridized carbons (Fsp3) is 0.500. The Hall–Kier alpha value is -0.800. The van der Waals surface area contributed by atoms with Crippen LogP contribution in [0.25, 0.3) is 0 Å². The molecule has 0 radical (unpaired) electrons. The van der Waals surface area contributed by atoms with Gasteiger partial charge in [-0.05, 0) is 26.8 Å². The summed E-state index contributed by atoms with van der Waals surface area (Å²) in [6.07, 6.45) is 7.74. The number of nitrogens with two attached hydrogens (primary N) is 1. The van der Waals surface area contributed by atoms with Gasteiger partial charge in [-0.1, -0.05) is 12.2 Å². The minimum Gasteiger partial charge on any atom is -0.300 e. The Morgan fingerprint density at radius 2 is 2.00 bits per heavy atom. The summed E-state index contributed by atoms with van der Waals surface area (Å²) in [5, 5.41) is 1.82. The second-order valence-corrected chi connectivity index (χ2v) is 2.50. The van der Waals surface area contributed by atoms with Crippen LogP contribution >= 0.6 is 0 Å². The van der Waals surface area contributed by atoms with E-state index in [4.69, 9.17) is 5.84 Å². The number of nitrogens with one attached hydrogen (secondary N) is 1. The maximum absolute atomic E-state index is 5.26. The van der Waals surface area contributed by atoms with Gasteiger partial charge in [-0.3, -0.25) is 5.84 Å². The number of hydrogen-bond acceptors (Lipinski definition) is 3. The third kappa shape index (κ3) is 4.58. The Balaban J connectivity index is 3.86. The van der Waals surface area contributed by atoms with E-state index in [1.54, 1.807) is 0 Å². The minimum absolute atomic E-state index is 0.363. The Morgan fingerprint density at radius 3 is 2.36 bits per heavy atom. The van der Waals surface area contributed by atoms with Crippen molar-refractivity contribution in [2.24, 2.45) is 5.84 Å². The van der Waals surface area contributed by atoms with E-state index >= 15 is 0 Å². The highest BCUT2D eigenvalue weighted by Gasteiger charge is 1.98. The summed E-state index contributed by atoms with van der Waals surface area (Å²) in [6.45, 7) is 6.08. The van der Waals surface area contributed by atoms with E-state index in [-0.39, 0.29) is 0 Å². The van der Waals surface area contributed by atoms with E-state index < -0.39 is 0 Å². The molecule has 0 saturated carbocycles. The highest BCUT2D eigenvalue weighted by atomic mass is 15.6. The van der Waals surface area contributed by atoms with Gasteiger partial charge >= 0.3 is 0 Å². The van der Waals surface area contributed by atoms with Gasteiger partial charge in [-0.15, -0.1) is 0 Å². The van der Waals surface area contributed by atoms with Crippen LogP contribution in [-0.2, 0) is 0 Å². The molecule has 0 aliphatic rings. The third-order valence-electron chi connectivity index (χ3n) is 1.26. The molecule has 0 heterocycles. The fourth-order valence-electron chi connectivity index (χ4n) is 0.618. The van der Waals surface area contributed by atoms with Crippen LogP contribution in [0.4, 0.5) is 0 Å². The number of allylic oxidation sites excluding steroid dienone is 3. The van der Waals surface area contributed by atoms with Crippen LogP contribution in [0.5, 0.6) is 0 Å². The number of rotatable bonds is 4. The molecule has 0 aromatic heterocycles. The van der Waals surface area contributed by atoms with Crippen molar-refractivity contribution < 1.29 is 0 Å². The standard InChI is InChI=1S/C8H17N3/c1-4-5-6-7-11(10-9)8(2)3/h4-8,10H,9H2,1-3H3/b5-4-,7-6-. The van der Waals surface area contributed by atoms with Crippen molar-refractivity contribution in [1.82, 2.24) is 10.5 Å². The second-order valence-electron chi connectivity index (χ2n) is 2.50. The molecule has 3 nitrogen and oxygen atoms in total. The minimum atomic E-state index is 0.363. The Kier molecular flexibility index (Phi) is 5.51.